The van der Waals surface area contributed by atoms with Gasteiger partial charge in [-0.2, -0.15) is 0 Å². The van der Waals surface area contributed by atoms with Gasteiger partial charge in [-0.25, -0.2) is 0 Å². The molecule has 0 aliphatic rings. The highest BCUT2D eigenvalue weighted by Crippen LogP contribution is 2.33. The Labute approximate surface area is 208 Å². The highest BCUT2D eigenvalue weighted by molar-refractivity contribution is 7.17. The molecule has 0 fully saturated rings. The normalized spacial score (nSPS) is 12.2. The Bertz CT molecular complexity index is 1160. The van der Waals surface area contributed by atoms with Crippen LogP contribution in [0.4, 0.5) is 0 Å². The summed E-state index contributed by atoms with van der Waals surface area (Å²) < 4.78 is 0. The Morgan fingerprint density at radius 3 is 2.26 bits per heavy atom. The molecule has 0 radical (unpaired) electrons. The van der Waals surface area contributed by atoms with Crippen LogP contribution in [0.15, 0.2) is 66.7 Å². The smallest absolute Gasteiger partial charge is 0.303 e. The van der Waals surface area contributed by atoms with E-state index in [1.807, 2.05) is 62.4 Å². The van der Waals surface area contributed by atoms with Crippen molar-refractivity contribution in [2.75, 3.05) is 0 Å². The van der Waals surface area contributed by atoms with Crippen LogP contribution >= 0.6 is 22.9 Å². The number of hydrogen-bond donors (Lipinski definition) is 2. The van der Waals surface area contributed by atoms with Gasteiger partial charge in [0.2, 0.25) is 5.91 Å². The number of carbonyl (C=O) groups is 3. The van der Waals surface area contributed by atoms with Gasteiger partial charge in [0.05, 0.1) is 4.88 Å². The lowest BCUT2D eigenvalue weighted by atomic mass is 9.90. The maximum atomic E-state index is 13.8. The van der Waals surface area contributed by atoms with Gasteiger partial charge in [-0.1, -0.05) is 54.1 Å². The predicted molar refractivity (Wildman–Crippen MR) is 135 cm³/mol. The molecule has 0 saturated carbocycles. The van der Waals surface area contributed by atoms with Crippen molar-refractivity contribution in [1.82, 2.24) is 4.90 Å². The number of amides is 2. The summed E-state index contributed by atoms with van der Waals surface area (Å²) in [6.45, 7) is 3.73. The zero-order valence-corrected chi connectivity index (χ0v) is 20.6. The van der Waals surface area contributed by atoms with E-state index in [1.165, 1.54) is 16.2 Å². The minimum Gasteiger partial charge on any atom is -0.481 e. The molecule has 6 nitrogen and oxygen atoms in total. The first-order chi connectivity index (χ1) is 16.1. The van der Waals surface area contributed by atoms with Crippen LogP contribution in [-0.2, 0) is 16.0 Å². The number of thiophene rings is 1. The van der Waals surface area contributed by atoms with Crippen molar-refractivity contribution in [2.45, 2.75) is 44.7 Å². The van der Waals surface area contributed by atoms with Gasteiger partial charge in [-0.05, 0) is 62.1 Å². The van der Waals surface area contributed by atoms with E-state index < -0.39 is 23.5 Å². The van der Waals surface area contributed by atoms with Crippen molar-refractivity contribution in [3.05, 3.63) is 82.2 Å². The molecule has 0 spiro atoms. The van der Waals surface area contributed by atoms with Crippen LogP contribution in [0.1, 0.15) is 41.9 Å². The molecular formula is C26H27ClN2O4S. The van der Waals surface area contributed by atoms with Gasteiger partial charge >= 0.3 is 5.97 Å². The molecule has 2 amide bonds. The third-order valence-corrected chi connectivity index (χ3v) is 6.94. The first kappa shape index (κ1) is 25.5. The first-order valence-corrected chi connectivity index (χ1v) is 12.0. The number of primary amides is 1. The van der Waals surface area contributed by atoms with Crippen molar-refractivity contribution in [3.8, 4) is 10.4 Å². The number of carboxylic acid groups (broad SMARTS) is 1. The monoisotopic (exact) mass is 498 g/mol. The topological polar surface area (TPSA) is 101 Å². The molecule has 34 heavy (non-hydrogen) atoms. The molecule has 3 aromatic rings. The lowest BCUT2D eigenvalue weighted by Crippen LogP contribution is -2.58. The summed E-state index contributed by atoms with van der Waals surface area (Å²) >= 11 is 7.29. The van der Waals surface area contributed by atoms with Crippen LogP contribution in [0.3, 0.4) is 0 Å². The molecule has 0 aliphatic heterocycles. The maximum absolute atomic E-state index is 13.8. The summed E-state index contributed by atoms with van der Waals surface area (Å²) in [5, 5.41) is 9.82. The minimum atomic E-state index is -1.07. The Morgan fingerprint density at radius 1 is 1.03 bits per heavy atom. The summed E-state index contributed by atoms with van der Waals surface area (Å²) in [4.78, 5) is 40.3. The average molecular weight is 499 g/mol. The molecule has 0 unspecified atom stereocenters. The van der Waals surface area contributed by atoms with Crippen LogP contribution in [0.2, 0.25) is 5.02 Å². The fourth-order valence-corrected chi connectivity index (χ4v) is 5.09. The molecular weight excluding hydrogens is 472 g/mol. The van der Waals surface area contributed by atoms with E-state index in [-0.39, 0.29) is 18.7 Å². The van der Waals surface area contributed by atoms with Gasteiger partial charge in [0, 0.05) is 21.9 Å². The van der Waals surface area contributed by atoms with Gasteiger partial charge < -0.3 is 15.7 Å². The quantitative estimate of drug-likeness (QED) is 0.398. The van der Waals surface area contributed by atoms with E-state index in [0.717, 1.165) is 16.0 Å². The van der Waals surface area contributed by atoms with Gasteiger partial charge in [0.1, 0.15) is 6.04 Å². The maximum Gasteiger partial charge on any atom is 0.303 e. The van der Waals surface area contributed by atoms with Gasteiger partial charge in [0.25, 0.3) is 5.91 Å². The number of aliphatic carboxylic acids is 1. The molecule has 1 atom stereocenters. The fraction of sp³-hybridized carbons (Fsp3) is 0.269. The number of nitrogens with two attached hydrogens (primary N) is 1. The van der Waals surface area contributed by atoms with Crippen molar-refractivity contribution < 1.29 is 19.5 Å². The summed E-state index contributed by atoms with van der Waals surface area (Å²) in [5.41, 5.74) is 6.79. The number of carbonyl (C=O) groups excluding carboxylic acids is 2. The fourth-order valence-electron chi connectivity index (χ4n) is 4.02. The number of hydrogen-bond acceptors (Lipinski definition) is 4. The second kappa shape index (κ2) is 10.8. The van der Waals surface area contributed by atoms with Crippen molar-refractivity contribution >= 4 is 40.7 Å². The second-order valence-corrected chi connectivity index (χ2v) is 10.2. The van der Waals surface area contributed by atoms with E-state index in [0.29, 0.717) is 16.3 Å². The lowest BCUT2D eigenvalue weighted by molar-refractivity contribution is -0.137. The van der Waals surface area contributed by atoms with Crippen LogP contribution in [0.25, 0.3) is 10.4 Å². The van der Waals surface area contributed by atoms with Crippen LogP contribution in [0.5, 0.6) is 0 Å². The molecule has 3 rings (SSSR count). The molecule has 3 N–H and O–H groups in total. The largest absolute Gasteiger partial charge is 0.481 e. The Balaban J connectivity index is 1.99. The number of halogens is 1. The molecule has 1 aromatic heterocycles. The highest BCUT2D eigenvalue weighted by atomic mass is 35.5. The third kappa shape index (κ3) is 6.24. The predicted octanol–water partition coefficient (Wildman–Crippen LogP) is 5.25. The van der Waals surface area contributed by atoms with Crippen molar-refractivity contribution in [1.29, 1.82) is 0 Å². The molecule has 0 saturated heterocycles. The zero-order valence-electron chi connectivity index (χ0n) is 19.0. The lowest BCUT2D eigenvalue weighted by Gasteiger charge is -2.42. The number of benzene rings is 2. The highest BCUT2D eigenvalue weighted by Gasteiger charge is 2.40. The minimum absolute atomic E-state index is 0.0654. The van der Waals surface area contributed by atoms with Crippen LogP contribution in [-0.4, -0.2) is 39.4 Å². The summed E-state index contributed by atoms with van der Waals surface area (Å²) in [6.07, 6.45) is 0.120. The summed E-state index contributed by atoms with van der Waals surface area (Å²) in [5.74, 6) is -2.15. The molecule has 178 valence electrons. The van der Waals surface area contributed by atoms with Crippen molar-refractivity contribution in [2.24, 2.45) is 5.73 Å². The van der Waals surface area contributed by atoms with E-state index in [2.05, 4.69) is 0 Å². The van der Waals surface area contributed by atoms with E-state index in [1.54, 1.807) is 18.2 Å². The van der Waals surface area contributed by atoms with E-state index in [9.17, 15) is 19.5 Å². The summed E-state index contributed by atoms with van der Waals surface area (Å²) in [7, 11) is 0. The molecule has 2 aromatic carbocycles. The zero-order chi connectivity index (χ0) is 24.9. The Morgan fingerprint density at radius 2 is 1.68 bits per heavy atom. The Kier molecular flexibility index (Phi) is 8.12. The average Bonchev–Trinajstić information content (AvgIpc) is 3.27. The van der Waals surface area contributed by atoms with E-state index >= 15 is 0 Å². The number of carboxylic acids is 1. The summed E-state index contributed by atoms with van der Waals surface area (Å²) in [6, 6.07) is 19.4. The molecule has 0 aliphatic carbocycles. The molecule has 8 heteroatoms. The van der Waals surface area contributed by atoms with Gasteiger partial charge in [-0.3, -0.25) is 14.4 Å². The van der Waals surface area contributed by atoms with Gasteiger partial charge in [0.15, 0.2) is 0 Å². The Hall–Kier alpha value is -3.16. The van der Waals surface area contributed by atoms with Crippen molar-refractivity contribution in [3.63, 3.8) is 0 Å². The van der Waals surface area contributed by atoms with Gasteiger partial charge in [-0.15, -0.1) is 11.3 Å². The number of nitrogens with zero attached hydrogens (tertiary/aromatic N) is 1. The third-order valence-electron chi connectivity index (χ3n) is 5.57. The second-order valence-electron chi connectivity index (χ2n) is 8.67. The van der Waals surface area contributed by atoms with E-state index in [4.69, 9.17) is 17.3 Å². The number of rotatable bonds is 10. The van der Waals surface area contributed by atoms with Crippen LogP contribution < -0.4 is 5.73 Å². The molecule has 0 bridgehead atoms. The first-order valence-electron chi connectivity index (χ1n) is 10.8. The SMILES string of the molecule is CC(C)(Cc1ccccc1)N(C(=O)c1ccc(-c2ccc(Cl)cc2)s1)[C@@H](CCC(=O)O)C(N)=O. The standard InChI is InChI=1S/C26H27ClN2O4S/c1-26(2,16-17-6-4-3-5-7-17)29(20(24(28)32)12-15-23(30)31)25(33)22-14-13-21(34-22)18-8-10-19(27)11-9-18/h3-11,13-14,20H,12,15-16H2,1-2H3,(H2,28,32)(H,30,31)/t20-/m0/s1. The molecule has 1 heterocycles. The van der Waals surface area contributed by atoms with Crippen LogP contribution in [0, 0.1) is 0 Å².